The van der Waals surface area contributed by atoms with Gasteiger partial charge in [-0.25, -0.2) is 0 Å². The van der Waals surface area contributed by atoms with Gasteiger partial charge in [-0.2, -0.15) is 22.0 Å². The van der Waals surface area contributed by atoms with E-state index in [-0.39, 0.29) is 17.2 Å². The minimum absolute atomic E-state index is 0.0962. The molecule has 0 spiro atoms. The average Bonchev–Trinajstić information content (AvgIpc) is 2.26. The molecule has 0 saturated carbocycles. The van der Waals surface area contributed by atoms with Gasteiger partial charge in [0.15, 0.2) is 0 Å². The molecule has 0 radical (unpaired) electrons. The predicted octanol–water partition coefficient (Wildman–Crippen LogP) is 4.56. The van der Waals surface area contributed by atoms with Crippen molar-refractivity contribution in [2.24, 2.45) is 0 Å². The van der Waals surface area contributed by atoms with Crippen molar-refractivity contribution >= 4 is 0 Å². The van der Waals surface area contributed by atoms with Crippen molar-refractivity contribution in [2.75, 3.05) is 0 Å². The van der Waals surface area contributed by atoms with E-state index in [0.29, 0.717) is 12.5 Å². The summed E-state index contributed by atoms with van der Waals surface area (Å²) in [5, 5.41) is 9.48. The first-order chi connectivity index (χ1) is 8.11. The number of hydrogen-bond donors (Lipinski definition) is 1. The van der Waals surface area contributed by atoms with Crippen molar-refractivity contribution in [1.29, 1.82) is 0 Å². The highest BCUT2D eigenvalue weighted by Crippen LogP contribution is 2.45. The fraction of sp³-hybridized carbons (Fsp3) is 0.500. The molecule has 18 heavy (non-hydrogen) atoms. The lowest BCUT2D eigenvalue weighted by molar-refractivity contribution is -0.289. The summed E-state index contributed by atoms with van der Waals surface area (Å²) in [4.78, 5) is 0. The van der Waals surface area contributed by atoms with Crippen LogP contribution in [0.2, 0.25) is 0 Å². The van der Waals surface area contributed by atoms with Crippen LogP contribution in [0.4, 0.5) is 22.0 Å². The van der Waals surface area contributed by atoms with Gasteiger partial charge in [-0.1, -0.05) is 13.8 Å². The fourth-order valence-corrected chi connectivity index (χ4v) is 1.53. The number of aromatic hydroxyl groups is 1. The molecule has 0 heterocycles. The highest BCUT2D eigenvalue weighted by atomic mass is 19.4. The molecule has 6 heteroatoms. The maximum Gasteiger partial charge on any atom is 0.458 e. The third kappa shape index (κ3) is 2.57. The van der Waals surface area contributed by atoms with Crippen LogP contribution in [-0.4, -0.2) is 11.3 Å². The molecule has 0 aliphatic rings. The molecule has 0 amide bonds. The van der Waals surface area contributed by atoms with Crippen LogP contribution in [0.1, 0.15) is 37.3 Å². The summed E-state index contributed by atoms with van der Waals surface area (Å²) in [5.74, 6) is -5.48. The van der Waals surface area contributed by atoms with E-state index in [0.717, 1.165) is 12.1 Å². The second kappa shape index (κ2) is 4.74. The molecule has 0 aliphatic heterocycles. The highest BCUT2D eigenvalue weighted by Gasteiger charge is 2.58. The molecular weight excluding hydrogens is 255 g/mol. The topological polar surface area (TPSA) is 20.2 Å². The third-order valence-corrected chi connectivity index (χ3v) is 2.89. The minimum atomic E-state index is -5.64. The van der Waals surface area contributed by atoms with Gasteiger partial charge in [0.05, 0.1) is 0 Å². The molecule has 1 unspecified atom stereocenters. The molecule has 1 aromatic rings. The Balaban J connectivity index is 3.29. The summed E-state index contributed by atoms with van der Waals surface area (Å²) in [6, 6.07) is 2.18. The first kappa shape index (κ1) is 14.7. The van der Waals surface area contributed by atoms with Crippen molar-refractivity contribution in [3.8, 4) is 5.75 Å². The zero-order valence-corrected chi connectivity index (χ0v) is 9.85. The molecule has 0 aromatic heterocycles. The Labute approximate surface area is 101 Å². The second-order valence-electron chi connectivity index (χ2n) is 4.16. The summed E-state index contributed by atoms with van der Waals surface area (Å²) in [7, 11) is 0. The largest absolute Gasteiger partial charge is 0.508 e. The number of benzene rings is 1. The van der Waals surface area contributed by atoms with Gasteiger partial charge in [0, 0.05) is 5.56 Å². The number of phenols is 1. The zero-order chi connectivity index (χ0) is 14.1. The molecule has 1 rings (SSSR count). The van der Waals surface area contributed by atoms with E-state index in [2.05, 4.69) is 0 Å². The van der Waals surface area contributed by atoms with E-state index >= 15 is 0 Å². The monoisotopic (exact) mass is 268 g/mol. The van der Waals surface area contributed by atoms with Gasteiger partial charge in [0.2, 0.25) is 0 Å². The van der Waals surface area contributed by atoms with Crippen LogP contribution in [0.25, 0.3) is 0 Å². The number of rotatable bonds is 3. The van der Waals surface area contributed by atoms with Gasteiger partial charge >= 0.3 is 12.1 Å². The summed E-state index contributed by atoms with van der Waals surface area (Å²) in [6.45, 7) is 3.39. The van der Waals surface area contributed by atoms with Gasteiger partial charge in [0.1, 0.15) is 5.75 Å². The molecule has 102 valence electrons. The summed E-state index contributed by atoms with van der Waals surface area (Å²) < 4.78 is 62.9. The highest BCUT2D eigenvalue weighted by molar-refractivity contribution is 5.40. The van der Waals surface area contributed by atoms with Gasteiger partial charge in [-0.15, -0.1) is 0 Å². The lowest BCUT2D eigenvalue weighted by atomic mass is 9.94. The Kier molecular flexibility index (Phi) is 3.88. The van der Waals surface area contributed by atoms with Gasteiger partial charge in [-0.3, -0.25) is 0 Å². The molecule has 1 aromatic carbocycles. The van der Waals surface area contributed by atoms with E-state index < -0.39 is 17.7 Å². The Morgan fingerprint density at radius 3 is 2.17 bits per heavy atom. The fourth-order valence-electron chi connectivity index (χ4n) is 1.53. The zero-order valence-electron chi connectivity index (χ0n) is 9.85. The van der Waals surface area contributed by atoms with E-state index in [9.17, 15) is 27.1 Å². The van der Waals surface area contributed by atoms with E-state index in [1.165, 1.54) is 0 Å². The average molecular weight is 268 g/mol. The Morgan fingerprint density at radius 1 is 1.17 bits per heavy atom. The second-order valence-corrected chi connectivity index (χ2v) is 4.16. The van der Waals surface area contributed by atoms with Crippen molar-refractivity contribution in [1.82, 2.24) is 0 Å². The van der Waals surface area contributed by atoms with E-state index in [1.54, 1.807) is 13.8 Å². The normalized spacial score (nSPS) is 14.6. The van der Waals surface area contributed by atoms with Crippen molar-refractivity contribution in [3.63, 3.8) is 0 Å². The first-order valence-electron chi connectivity index (χ1n) is 5.39. The molecular formula is C12H13F5O. The summed E-state index contributed by atoms with van der Waals surface area (Å²) in [5.41, 5.74) is -1.05. The smallest absolute Gasteiger partial charge is 0.458 e. The van der Waals surface area contributed by atoms with E-state index in [1.807, 2.05) is 0 Å². The Bertz CT molecular complexity index is 425. The molecule has 0 saturated heterocycles. The maximum atomic E-state index is 13.1. The Morgan fingerprint density at radius 2 is 1.72 bits per heavy atom. The van der Waals surface area contributed by atoms with Gasteiger partial charge in [0.25, 0.3) is 0 Å². The van der Waals surface area contributed by atoms with E-state index in [4.69, 9.17) is 0 Å². The lowest BCUT2D eigenvalue weighted by Gasteiger charge is -2.21. The number of alkyl halides is 5. The molecule has 1 N–H and O–H groups in total. The lowest BCUT2D eigenvalue weighted by Crippen LogP contribution is -2.33. The first-order valence-corrected chi connectivity index (χ1v) is 5.39. The maximum absolute atomic E-state index is 13.1. The van der Waals surface area contributed by atoms with Gasteiger partial charge in [-0.05, 0) is 36.1 Å². The summed E-state index contributed by atoms with van der Waals surface area (Å²) >= 11 is 0. The summed E-state index contributed by atoms with van der Waals surface area (Å²) in [6.07, 6.45) is -5.12. The third-order valence-electron chi connectivity index (χ3n) is 2.89. The predicted molar refractivity (Wildman–Crippen MR) is 56.8 cm³/mol. The molecule has 1 nitrogen and oxygen atoms in total. The van der Waals surface area contributed by atoms with Crippen molar-refractivity contribution < 1.29 is 27.1 Å². The van der Waals surface area contributed by atoms with Crippen molar-refractivity contribution in [3.05, 3.63) is 29.3 Å². The van der Waals surface area contributed by atoms with Crippen LogP contribution in [-0.2, 0) is 5.92 Å². The van der Waals surface area contributed by atoms with Crippen LogP contribution in [0, 0.1) is 0 Å². The van der Waals surface area contributed by atoms with Crippen LogP contribution in [0.3, 0.4) is 0 Å². The standard InChI is InChI=1S/C12H13F5O/c1-3-7(2)9-6-8(4-5-10(9)18)11(13,14)12(15,16)17/h4-7,18H,3H2,1-2H3. The molecule has 0 aliphatic carbocycles. The molecule has 0 bridgehead atoms. The van der Waals surface area contributed by atoms with Crippen LogP contribution in [0.15, 0.2) is 18.2 Å². The Hall–Kier alpha value is -1.33. The molecule has 1 atom stereocenters. The van der Waals surface area contributed by atoms with Crippen LogP contribution >= 0.6 is 0 Å². The van der Waals surface area contributed by atoms with Crippen LogP contribution in [0.5, 0.6) is 5.75 Å². The SMILES string of the molecule is CCC(C)c1cc(C(F)(F)C(F)(F)F)ccc1O. The minimum Gasteiger partial charge on any atom is -0.508 e. The molecule has 0 fully saturated rings. The number of halogens is 5. The van der Waals surface area contributed by atoms with Gasteiger partial charge < -0.3 is 5.11 Å². The van der Waals surface area contributed by atoms with Crippen molar-refractivity contribution in [2.45, 2.75) is 38.3 Å². The number of phenolic OH excluding ortho intramolecular Hbond substituents is 1. The quantitative estimate of drug-likeness (QED) is 0.797. The van der Waals surface area contributed by atoms with Crippen LogP contribution < -0.4 is 0 Å². The number of hydrogen-bond acceptors (Lipinski definition) is 1.